The van der Waals surface area contributed by atoms with Crippen LogP contribution in [0.4, 0.5) is 0 Å². The lowest BCUT2D eigenvalue weighted by Crippen LogP contribution is -2.35. The fraction of sp³-hybridized carbons (Fsp3) is 0.667. The van der Waals surface area contributed by atoms with E-state index in [-0.39, 0.29) is 5.54 Å². The van der Waals surface area contributed by atoms with E-state index in [1.807, 2.05) is 0 Å². The van der Waals surface area contributed by atoms with E-state index in [0.717, 1.165) is 18.9 Å². The summed E-state index contributed by atoms with van der Waals surface area (Å²) in [5.74, 6) is -0.899. The Labute approximate surface area is 72.5 Å². The zero-order valence-electron chi connectivity index (χ0n) is 7.34. The molecule has 12 heavy (non-hydrogen) atoms. The van der Waals surface area contributed by atoms with Crippen LogP contribution in [0.2, 0.25) is 0 Å². The van der Waals surface area contributed by atoms with Gasteiger partial charge in [-0.3, -0.25) is 0 Å². The molecule has 0 spiro atoms. The number of rotatable bonds is 3. The Morgan fingerprint density at radius 3 is 2.58 bits per heavy atom. The molecule has 2 N–H and O–H groups in total. The first kappa shape index (κ1) is 9.10. The molecular weight excluding hydrogens is 154 g/mol. The predicted octanol–water partition coefficient (Wildman–Crippen LogP) is 1.51. The molecule has 1 aliphatic rings. The molecule has 0 heterocycles. The molecule has 3 nitrogen and oxygen atoms in total. The first-order valence-corrected chi connectivity index (χ1v) is 4.30. The van der Waals surface area contributed by atoms with Crippen LogP contribution in [0.5, 0.6) is 0 Å². The Kier molecular flexibility index (Phi) is 2.74. The first-order valence-electron chi connectivity index (χ1n) is 4.30. The van der Waals surface area contributed by atoms with Crippen molar-refractivity contribution in [2.75, 3.05) is 0 Å². The molecule has 68 valence electrons. The van der Waals surface area contributed by atoms with E-state index in [9.17, 15) is 4.79 Å². The zero-order chi connectivity index (χ0) is 9.03. The van der Waals surface area contributed by atoms with Crippen LogP contribution in [0.3, 0.4) is 0 Å². The van der Waals surface area contributed by atoms with Crippen molar-refractivity contribution in [2.45, 2.75) is 38.1 Å². The first-order chi connectivity index (χ1) is 5.62. The maximum atomic E-state index is 10.2. The van der Waals surface area contributed by atoms with Crippen molar-refractivity contribution in [1.82, 2.24) is 5.32 Å². The van der Waals surface area contributed by atoms with Crippen molar-refractivity contribution in [3.63, 3.8) is 0 Å². The summed E-state index contributed by atoms with van der Waals surface area (Å²) in [7, 11) is 0. The van der Waals surface area contributed by atoms with Crippen LogP contribution >= 0.6 is 0 Å². The molecule has 0 atom stereocenters. The Bertz CT molecular complexity index is 193. The molecule has 0 amide bonds. The number of aliphatic carboxylic acids is 1. The van der Waals surface area contributed by atoms with Crippen LogP contribution in [-0.4, -0.2) is 16.6 Å². The summed E-state index contributed by atoms with van der Waals surface area (Å²) in [5.41, 5.74) is 0.131. The van der Waals surface area contributed by atoms with Crippen molar-refractivity contribution < 1.29 is 9.90 Å². The van der Waals surface area contributed by atoms with Crippen molar-refractivity contribution in [2.24, 2.45) is 0 Å². The Hall–Kier alpha value is -0.990. The summed E-state index contributed by atoms with van der Waals surface area (Å²) in [6.07, 6.45) is 7.43. The van der Waals surface area contributed by atoms with Crippen LogP contribution in [0.25, 0.3) is 0 Å². The molecule has 0 unspecified atom stereocenters. The van der Waals surface area contributed by atoms with Gasteiger partial charge in [0.2, 0.25) is 0 Å². The van der Waals surface area contributed by atoms with Crippen molar-refractivity contribution in [1.29, 1.82) is 0 Å². The van der Waals surface area contributed by atoms with Crippen LogP contribution < -0.4 is 5.32 Å². The van der Waals surface area contributed by atoms with Gasteiger partial charge in [-0.15, -0.1) is 0 Å². The van der Waals surface area contributed by atoms with Crippen LogP contribution in [0.15, 0.2) is 12.3 Å². The smallest absolute Gasteiger partial charge is 0.329 e. The fourth-order valence-electron chi connectivity index (χ4n) is 1.61. The Morgan fingerprint density at radius 1 is 1.50 bits per heavy atom. The van der Waals surface area contributed by atoms with Gasteiger partial charge in [0.25, 0.3) is 0 Å². The van der Waals surface area contributed by atoms with Gasteiger partial charge in [-0.05, 0) is 19.8 Å². The van der Waals surface area contributed by atoms with E-state index < -0.39 is 5.97 Å². The lowest BCUT2D eigenvalue weighted by molar-refractivity contribution is -0.131. The fourth-order valence-corrected chi connectivity index (χ4v) is 1.61. The number of hydrogen-bond acceptors (Lipinski definition) is 2. The van der Waals surface area contributed by atoms with E-state index in [1.54, 1.807) is 0 Å². The monoisotopic (exact) mass is 169 g/mol. The van der Waals surface area contributed by atoms with Gasteiger partial charge in [-0.25, -0.2) is 4.79 Å². The highest BCUT2D eigenvalue weighted by molar-refractivity contribution is 5.79. The molecule has 1 rings (SSSR count). The van der Waals surface area contributed by atoms with Crippen molar-refractivity contribution in [3.8, 4) is 0 Å². The second kappa shape index (κ2) is 3.61. The highest BCUT2D eigenvalue weighted by Crippen LogP contribution is 2.28. The summed E-state index contributed by atoms with van der Waals surface area (Å²) in [6.45, 7) is 2.13. The molecule has 1 aliphatic carbocycles. The Balaban J connectivity index is 2.34. The van der Waals surface area contributed by atoms with Gasteiger partial charge in [0.05, 0.1) is 0 Å². The van der Waals surface area contributed by atoms with Gasteiger partial charge >= 0.3 is 5.97 Å². The normalized spacial score (nSPS) is 21.4. The van der Waals surface area contributed by atoms with Gasteiger partial charge in [0, 0.05) is 17.8 Å². The minimum atomic E-state index is -0.899. The molecule has 1 fully saturated rings. The second-order valence-corrected chi connectivity index (χ2v) is 3.58. The quantitative estimate of drug-likeness (QED) is 0.629. The number of carboxylic acids is 1. The molecule has 0 aromatic heterocycles. The SMILES string of the molecule is CC1(N/C=C/C(=O)O)CCCC1. The topological polar surface area (TPSA) is 49.3 Å². The average molecular weight is 169 g/mol. The van der Waals surface area contributed by atoms with Gasteiger partial charge < -0.3 is 10.4 Å². The Morgan fingerprint density at radius 2 is 2.08 bits per heavy atom. The molecule has 0 aliphatic heterocycles. The summed E-state index contributed by atoms with van der Waals surface area (Å²) in [5, 5.41) is 11.5. The van der Waals surface area contributed by atoms with Crippen LogP contribution in [0.1, 0.15) is 32.6 Å². The molecule has 3 heteroatoms. The van der Waals surface area contributed by atoms with Gasteiger partial charge in [-0.1, -0.05) is 12.8 Å². The average Bonchev–Trinajstić information content (AvgIpc) is 2.35. The van der Waals surface area contributed by atoms with E-state index in [0.29, 0.717) is 0 Å². The summed E-state index contributed by atoms with van der Waals surface area (Å²) in [6, 6.07) is 0. The van der Waals surface area contributed by atoms with Gasteiger partial charge in [-0.2, -0.15) is 0 Å². The maximum Gasteiger partial charge on any atom is 0.329 e. The van der Waals surface area contributed by atoms with E-state index in [4.69, 9.17) is 5.11 Å². The molecule has 0 saturated heterocycles. The van der Waals surface area contributed by atoms with Gasteiger partial charge in [0.15, 0.2) is 0 Å². The van der Waals surface area contributed by atoms with Gasteiger partial charge in [0.1, 0.15) is 0 Å². The summed E-state index contributed by atoms with van der Waals surface area (Å²) < 4.78 is 0. The lowest BCUT2D eigenvalue weighted by Gasteiger charge is -2.23. The lowest BCUT2D eigenvalue weighted by atomic mass is 10.0. The molecule has 0 bridgehead atoms. The molecular formula is C9H15NO2. The van der Waals surface area contributed by atoms with Crippen LogP contribution in [-0.2, 0) is 4.79 Å². The molecule has 0 aromatic carbocycles. The maximum absolute atomic E-state index is 10.2. The standard InChI is InChI=1S/C9H15NO2/c1-9(5-2-3-6-9)10-7-4-8(11)12/h4,7,10H,2-3,5-6H2,1H3,(H,11,12)/b7-4+. The van der Waals surface area contributed by atoms with Crippen molar-refractivity contribution in [3.05, 3.63) is 12.3 Å². The highest BCUT2D eigenvalue weighted by atomic mass is 16.4. The van der Waals surface area contributed by atoms with E-state index in [2.05, 4.69) is 12.2 Å². The zero-order valence-corrected chi connectivity index (χ0v) is 7.34. The minimum absolute atomic E-state index is 0.131. The minimum Gasteiger partial charge on any atom is -0.478 e. The third-order valence-electron chi connectivity index (χ3n) is 2.36. The van der Waals surface area contributed by atoms with E-state index >= 15 is 0 Å². The number of nitrogens with one attached hydrogen (secondary N) is 1. The summed E-state index contributed by atoms with van der Waals surface area (Å²) >= 11 is 0. The summed E-state index contributed by atoms with van der Waals surface area (Å²) in [4.78, 5) is 10.2. The largest absolute Gasteiger partial charge is 0.478 e. The van der Waals surface area contributed by atoms with E-state index in [1.165, 1.54) is 19.0 Å². The second-order valence-electron chi connectivity index (χ2n) is 3.58. The predicted molar refractivity (Wildman–Crippen MR) is 46.8 cm³/mol. The van der Waals surface area contributed by atoms with Crippen LogP contribution in [0, 0.1) is 0 Å². The third kappa shape index (κ3) is 2.57. The number of hydrogen-bond donors (Lipinski definition) is 2. The highest BCUT2D eigenvalue weighted by Gasteiger charge is 2.26. The van der Waals surface area contributed by atoms with Crippen molar-refractivity contribution >= 4 is 5.97 Å². The number of carboxylic acid groups (broad SMARTS) is 1. The number of carbonyl (C=O) groups is 1. The molecule has 0 aromatic rings. The molecule has 0 radical (unpaired) electrons. The molecule has 1 saturated carbocycles. The third-order valence-corrected chi connectivity index (χ3v) is 2.36.